The maximum atomic E-state index is 13.5. The average Bonchev–Trinajstić information content (AvgIpc) is 3.36. The summed E-state index contributed by atoms with van der Waals surface area (Å²) < 4.78 is 12.8. The van der Waals surface area contributed by atoms with Gasteiger partial charge in [0.2, 0.25) is 0 Å². The molecule has 1 aromatic rings. The van der Waals surface area contributed by atoms with E-state index in [1.165, 1.54) is 31.3 Å². The molecule has 6 unspecified atom stereocenters. The molecule has 0 radical (unpaired) electrons. The minimum Gasteiger partial charge on any atom is -0.469 e. The number of ether oxygens (including phenoxy) is 2. The molecular formula is C38H53BrO4. The van der Waals surface area contributed by atoms with E-state index < -0.39 is 0 Å². The first-order chi connectivity index (χ1) is 20.2. The Balaban J connectivity index is 1.29. The number of carbonyl (C=O) groups is 2. The Morgan fingerprint density at radius 3 is 2.19 bits per heavy atom. The van der Waals surface area contributed by atoms with Crippen LogP contribution in [0.25, 0.3) is 0 Å². The molecule has 43 heavy (non-hydrogen) atoms. The summed E-state index contributed by atoms with van der Waals surface area (Å²) in [5, 5.41) is 0. The second-order valence-electron chi connectivity index (χ2n) is 16.6. The van der Waals surface area contributed by atoms with Crippen LogP contribution < -0.4 is 0 Å². The number of halogens is 1. The first-order valence-corrected chi connectivity index (χ1v) is 17.7. The molecule has 5 saturated carbocycles. The lowest BCUT2D eigenvalue weighted by Crippen LogP contribution is -2.67. The van der Waals surface area contributed by atoms with Crippen molar-refractivity contribution < 1.29 is 19.1 Å². The number of rotatable bonds is 4. The smallest absolute Gasteiger partial charge is 0.338 e. The second-order valence-corrected chi connectivity index (χ2v) is 17.5. The molecule has 0 saturated heterocycles. The molecule has 0 aliphatic heterocycles. The van der Waals surface area contributed by atoms with Crippen molar-refractivity contribution in [2.45, 2.75) is 112 Å². The number of fused-ring (bicyclic) bond motifs is 7. The van der Waals surface area contributed by atoms with E-state index in [1.807, 2.05) is 24.3 Å². The molecule has 10 atom stereocenters. The fraction of sp³-hybridized carbons (Fsp3) is 0.737. The normalized spacial score (nSPS) is 44.7. The van der Waals surface area contributed by atoms with Crippen LogP contribution in [-0.4, -0.2) is 25.2 Å². The molecule has 6 rings (SSSR count). The number of carbonyl (C=O) groups excluding carboxylic acids is 2. The van der Waals surface area contributed by atoms with Crippen molar-refractivity contribution in [3.8, 4) is 0 Å². The van der Waals surface area contributed by atoms with Crippen molar-refractivity contribution in [1.29, 1.82) is 0 Å². The Hall–Kier alpha value is -1.62. The Labute approximate surface area is 268 Å². The highest BCUT2D eigenvalue weighted by Gasteiger charge is 2.72. The number of esters is 2. The SMILES string of the molecule is C=C(C)C1CC[C@]2(C(=O)OC)CC[C@]3(C)C(CCC4[C@@]5(C)CCC(OC(=O)c6ccc(Br)cc6)C(C)(C)C5CC[C@]43C)C12. The molecule has 0 spiro atoms. The van der Waals surface area contributed by atoms with Crippen molar-refractivity contribution in [3.05, 3.63) is 46.5 Å². The Kier molecular flexibility index (Phi) is 7.63. The fourth-order valence-electron chi connectivity index (χ4n) is 12.7. The van der Waals surface area contributed by atoms with Crippen molar-refractivity contribution in [3.63, 3.8) is 0 Å². The summed E-state index contributed by atoms with van der Waals surface area (Å²) in [6.07, 6.45) is 10.8. The summed E-state index contributed by atoms with van der Waals surface area (Å²) in [4.78, 5) is 26.7. The molecule has 0 N–H and O–H groups in total. The van der Waals surface area contributed by atoms with E-state index in [1.54, 1.807) is 7.11 Å². The van der Waals surface area contributed by atoms with Gasteiger partial charge in [-0.25, -0.2) is 4.79 Å². The first-order valence-electron chi connectivity index (χ1n) is 16.9. The zero-order valence-corrected chi connectivity index (χ0v) is 29.1. The van der Waals surface area contributed by atoms with Crippen molar-refractivity contribution >= 4 is 27.9 Å². The van der Waals surface area contributed by atoms with Gasteiger partial charge in [0.25, 0.3) is 0 Å². The molecule has 5 heteroatoms. The van der Waals surface area contributed by atoms with Crippen molar-refractivity contribution in [2.75, 3.05) is 7.11 Å². The van der Waals surface area contributed by atoms with Crippen LogP contribution in [0.4, 0.5) is 0 Å². The van der Waals surface area contributed by atoms with Gasteiger partial charge in [-0.1, -0.05) is 62.7 Å². The van der Waals surface area contributed by atoms with E-state index in [-0.39, 0.29) is 45.1 Å². The van der Waals surface area contributed by atoms with E-state index in [2.05, 4.69) is 64.1 Å². The van der Waals surface area contributed by atoms with E-state index in [0.717, 1.165) is 43.0 Å². The van der Waals surface area contributed by atoms with Gasteiger partial charge in [0.05, 0.1) is 18.1 Å². The summed E-state index contributed by atoms with van der Waals surface area (Å²) in [5.74, 6) is 2.21. The Bertz CT molecular complexity index is 1300. The highest BCUT2D eigenvalue weighted by molar-refractivity contribution is 9.10. The second kappa shape index (κ2) is 10.5. The van der Waals surface area contributed by atoms with Crippen LogP contribution in [0.2, 0.25) is 0 Å². The maximum Gasteiger partial charge on any atom is 0.338 e. The topological polar surface area (TPSA) is 52.6 Å². The van der Waals surface area contributed by atoms with Gasteiger partial charge in [0, 0.05) is 9.89 Å². The van der Waals surface area contributed by atoms with Crippen molar-refractivity contribution in [2.24, 2.45) is 56.7 Å². The average molecular weight is 654 g/mol. The van der Waals surface area contributed by atoms with Crippen LogP contribution in [0.1, 0.15) is 116 Å². The Morgan fingerprint density at radius 2 is 1.53 bits per heavy atom. The highest BCUT2D eigenvalue weighted by Crippen LogP contribution is 2.77. The number of hydrogen-bond acceptors (Lipinski definition) is 4. The molecule has 5 fully saturated rings. The molecule has 5 aliphatic rings. The molecule has 0 heterocycles. The fourth-order valence-corrected chi connectivity index (χ4v) is 12.9. The molecule has 5 aliphatic carbocycles. The standard InChI is InChI=1S/C38H53BrO4/c1-23(2)26-15-20-38(33(41)42-8)22-21-36(6)27(31(26)38)13-14-29-35(5)18-17-30(34(3,4)28(35)16-19-37(29,36)7)43-32(40)24-9-11-25(39)12-10-24/h9-12,26-31H,1,13-22H2,2-8H3/t26?,27?,28?,29?,30?,31?,35-,36+,37+,38-/m0/s1. The number of methoxy groups -OCH3 is 1. The lowest BCUT2D eigenvalue weighted by Gasteiger charge is -2.72. The third-order valence-corrected chi connectivity index (χ3v) is 15.5. The molecular weight excluding hydrogens is 600 g/mol. The molecule has 0 aromatic heterocycles. The van der Waals surface area contributed by atoms with Gasteiger partial charge in [0.1, 0.15) is 6.10 Å². The minimum absolute atomic E-state index is 0.0315. The lowest BCUT2D eigenvalue weighted by molar-refractivity contribution is -0.248. The highest BCUT2D eigenvalue weighted by atomic mass is 79.9. The van der Waals surface area contributed by atoms with Crippen LogP contribution in [-0.2, 0) is 14.3 Å². The maximum absolute atomic E-state index is 13.5. The molecule has 0 amide bonds. The number of hydrogen-bond donors (Lipinski definition) is 0. The predicted molar refractivity (Wildman–Crippen MR) is 174 cm³/mol. The molecule has 1 aromatic carbocycles. The summed E-state index contributed by atoms with van der Waals surface area (Å²) >= 11 is 3.47. The quantitative estimate of drug-likeness (QED) is 0.240. The number of allylic oxidation sites excluding steroid dienone is 1. The van der Waals surface area contributed by atoms with Crippen LogP contribution in [0.5, 0.6) is 0 Å². The molecule has 236 valence electrons. The van der Waals surface area contributed by atoms with E-state index in [9.17, 15) is 9.59 Å². The van der Waals surface area contributed by atoms with Gasteiger partial charge >= 0.3 is 11.9 Å². The van der Waals surface area contributed by atoms with Crippen LogP contribution in [0.15, 0.2) is 40.9 Å². The summed E-state index contributed by atoms with van der Waals surface area (Å²) in [7, 11) is 1.59. The van der Waals surface area contributed by atoms with Gasteiger partial charge in [-0.2, -0.15) is 0 Å². The van der Waals surface area contributed by atoms with Gasteiger partial charge in [0.15, 0.2) is 0 Å². The van der Waals surface area contributed by atoms with Crippen molar-refractivity contribution in [1.82, 2.24) is 0 Å². The monoisotopic (exact) mass is 652 g/mol. The van der Waals surface area contributed by atoms with Crippen LogP contribution in [0.3, 0.4) is 0 Å². The van der Waals surface area contributed by atoms with Gasteiger partial charge in [-0.05, 0) is 141 Å². The van der Waals surface area contributed by atoms with E-state index >= 15 is 0 Å². The zero-order chi connectivity index (χ0) is 31.2. The van der Waals surface area contributed by atoms with Crippen LogP contribution >= 0.6 is 15.9 Å². The molecule has 4 nitrogen and oxygen atoms in total. The summed E-state index contributed by atoms with van der Waals surface area (Å²) in [6, 6.07) is 7.51. The summed E-state index contributed by atoms with van der Waals surface area (Å²) in [6.45, 7) is 19.2. The third kappa shape index (κ3) is 4.32. The lowest BCUT2D eigenvalue weighted by atomic mass is 9.32. The number of benzene rings is 1. The van der Waals surface area contributed by atoms with Gasteiger partial charge < -0.3 is 9.47 Å². The van der Waals surface area contributed by atoms with Gasteiger partial charge in [-0.3, -0.25) is 4.79 Å². The third-order valence-electron chi connectivity index (χ3n) is 14.9. The predicted octanol–water partition coefficient (Wildman–Crippen LogP) is 9.81. The van der Waals surface area contributed by atoms with Crippen LogP contribution in [0, 0.1) is 56.7 Å². The first kappa shape index (κ1) is 31.4. The zero-order valence-electron chi connectivity index (χ0n) is 27.6. The largest absolute Gasteiger partial charge is 0.469 e. The van der Waals surface area contributed by atoms with Gasteiger partial charge in [-0.15, -0.1) is 0 Å². The summed E-state index contributed by atoms with van der Waals surface area (Å²) in [5.41, 5.74) is 2.02. The van der Waals surface area contributed by atoms with E-state index in [0.29, 0.717) is 35.2 Å². The Morgan fingerprint density at radius 1 is 0.837 bits per heavy atom. The van der Waals surface area contributed by atoms with E-state index in [4.69, 9.17) is 9.47 Å². The molecule has 0 bridgehead atoms. The minimum atomic E-state index is -0.342.